The first-order valence-corrected chi connectivity index (χ1v) is 10.7. The molecule has 6 heteroatoms. The number of rotatable bonds is 5. The maximum Gasteiger partial charge on any atom is 0.287 e. The lowest BCUT2D eigenvalue weighted by Gasteiger charge is -2.33. The van der Waals surface area contributed by atoms with E-state index in [2.05, 4.69) is 5.32 Å². The number of piperidine rings is 1. The van der Waals surface area contributed by atoms with E-state index in [-0.39, 0.29) is 23.8 Å². The van der Waals surface area contributed by atoms with Crippen molar-refractivity contribution in [3.8, 4) is 16.9 Å². The fraction of sp³-hybridized carbons (Fsp3) is 0.360. The molecule has 0 aliphatic carbocycles. The Morgan fingerprint density at radius 3 is 2.45 bits per heavy atom. The van der Waals surface area contributed by atoms with Crippen LogP contribution in [0.3, 0.4) is 0 Å². The SMILES string of the molecule is COc1ccc2c(-c3ccccc3)c(C(=O)NC3CCN(C(=O)C(C)C)CC3)oc2c1. The van der Waals surface area contributed by atoms with Crippen LogP contribution in [0.15, 0.2) is 52.9 Å². The number of likely N-dealkylation sites (tertiary alicyclic amines) is 1. The molecule has 0 unspecified atom stereocenters. The van der Waals surface area contributed by atoms with Gasteiger partial charge in [0.25, 0.3) is 5.91 Å². The average molecular weight is 421 g/mol. The first-order valence-electron chi connectivity index (χ1n) is 10.7. The van der Waals surface area contributed by atoms with Crippen molar-refractivity contribution in [1.29, 1.82) is 0 Å². The summed E-state index contributed by atoms with van der Waals surface area (Å²) in [6.07, 6.45) is 1.47. The topological polar surface area (TPSA) is 71.8 Å². The van der Waals surface area contributed by atoms with Crippen LogP contribution in [0.2, 0.25) is 0 Å². The third-order valence-electron chi connectivity index (χ3n) is 5.80. The molecule has 4 rings (SSSR count). The molecule has 1 aliphatic rings. The second kappa shape index (κ2) is 8.84. The van der Waals surface area contributed by atoms with Crippen LogP contribution in [0.1, 0.15) is 37.2 Å². The molecule has 2 aromatic carbocycles. The summed E-state index contributed by atoms with van der Waals surface area (Å²) in [6.45, 7) is 5.14. The van der Waals surface area contributed by atoms with Gasteiger partial charge in [-0.3, -0.25) is 9.59 Å². The van der Waals surface area contributed by atoms with Gasteiger partial charge >= 0.3 is 0 Å². The van der Waals surface area contributed by atoms with Gasteiger partial charge in [-0.25, -0.2) is 0 Å². The number of nitrogens with zero attached hydrogens (tertiary/aromatic N) is 1. The van der Waals surface area contributed by atoms with Gasteiger partial charge in [0.15, 0.2) is 0 Å². The lowest BCUT2D eigenvalue weighted by Crippen LogP contribution is -2.47. The zero-order valence-electron chi connectivity index (χ0n) is 18.2. The highest BCUT2D eigenvalue weighted by Crippen LogP contribution is 2.36. The minimum atomic E-state index is -0.234. The van der Waals surface area contributed by atoms with E-state index in [0.29, 0.717) is 30.2 Å². The van der Waals surface area contributed by atoms with Gasteiger partial charge < -0.3 is 19.4 Å². The third-order valence-corrected chi connectivity index (χ3v) is 5.80. The molecule has 1 aliphatic heterocycles. The molecule has 0 radical (unpaired) electrons. The quantitative estimate of drug-likeness (QED) is 0.660. The Hall–Kier alpha value is -3.28. The number of methoxy groups -OCH3 is 1. The van der Waals surface area contributed by atoms with Gasteiger partial charge in [0, 0.05) is 42.1 Å². The molecule has 1 saturated heterocycles. The lowest BCUT2D eigenvalue weighted by atomic mass is 10.00. The van der Waals surface area contributed by atoms with Crippen LogP contribution < -0.4 is 10.1 Å². The number of amides is 2. The van der Waals surface area contributed by atoms with Crippen LogP contribution in [0.4, 0.5) is 0 Å². The summed E-state index contributed by atoms with van der Waals surface area (Å²) >= 11 is 0. The van der Waals surface area contributed by atoms with Crippen molar-refractivity contribution < 1.29 is 18.7 Å². The van der Waals surface area contributed by atoms with E-state index < -0.39 is 0 Å². The molecule has 3 aromatic rings. The minimum Gasteiger partial charge on any atom is -0.497 e. The molecule has 0 spiro atoms. The van der Waals surface area contributed by atoms with Crippen molar-refractivity contribution in [2.75, 3.05) is 20.2 Å². The highest BCUT2D eigenvalue weighted by molar-refractivity contribution is 6.08. The molecule has 0 bridgehead atoms. The van der Waals surface area contributed by atoms with Crippen LogP contribution in [0.25, 0.3) is 22.1 Å². The Bertz CT molecular complexity index is 1080. The predicted molar refractivity (Wildman–Crippen MR) is 120 cm³/mol. The predicted octanol–water partition coefficient (Wildman–Crippen LogP) is 4.49. The molecule has 31 heavy (non-hydrogen) atoms. The van der Waals surface area contributed by atoms with Crippen LogP contribution in [0, 0.1) is 5.92 Å². The Morgan fingerprint density at radius 2 is 1.81 bits per heavy atom. The molecule has 1 N–H and O–H groups in total. The summed E-state index contributed by atoms with van der Waals surface area (Å²) < 4.78 is 11.3. The summed E-state index contributed by atoms with van der Waals surface area (Å²) in [5.41, 5.74) is 2.32. The number of hydrogen-bond donors (Lipinski definition) is 1. The standard InChI is InChI=1S/C25H28N2O4/c1-16(2)25(29)27-13-11-18(12-14-27)26-24(28)23-22(17-7-5-4-6-8-17)20-10-9-19(30-3)15-21(20)31-23/h4-10,15-16,18H,11-14H2,1-3H3,(H,26,28). The van der Waals surface area contributed by atoms with Crippen molar-refractivity contribution in [1.82, 2.24) is 10.2 Å². The molecular weight excluding hydrogens is 392 g/mol. The van der Waals surface area contributed by atoms with E-state index in [9.17, 15) is 9.59 Å². The number of carbonyl (C=O) groups is 2. The van der Waals surface area contributed by atoms with Gasteiger partial charge in [-0.15, -0.1) is 0 Å². The molecule has 2 heterocycles. The van der Waals surface area contributed by atoms with Gasteiger partial charge in [-0.1, -0.05) is 44.2 Å². The van der Waals surface area contributed by atoms with Gasteiger partial charge in [0.05, 0.1) is 7.11 Å². The monoisotopic (exact) mass is 420 g/mol. The van der Waals surface area contributed by atoms with E-state index >= 15 is 0 Å². The van der Waals surface area contributed by atoms with E-state index in [4.69, 9.17) is 9.15 Å². The largest absolute Gasteiger partial charge is 0.497 e. The lowest BCUT2D eigenvalue weighted by molar-refractivity contribution is -0.135. The fourth-order valence-corrected chi connectivity index (χ4v) is 4.12. The van der Waals surface area contributed by atoms with Crippen molar-refractivity contribution in [2.24, 2.45) is 5.92 Å². The number of furan rings is 1. The van der Waals surface area contributed by atoms with Gasteiger partial charge in [0.1, 0.15) is 11.3 Å². The third kappa shape index (κ3) is 4.29. The van der Waals surface area contributed by atoms with Crippen LogP contribution in [-0.2, 0) is 4.79 Å². The summed E-state index contributed by atoms with van der Waals surface area (Å²) in [5, 5.41) is 3.99. The highest BCUT2D eigenvalue weighted by Gasteiger charge is 2.28. The molecule has 0 saturated carbocycles. The smallest absolute Gasteiger partial charge is 0.287 e. The zero-order chi connectivity index (χ0) is 22.0. The first kappa shape index (κ1) is 21.0. The minimum absolute atomic E-state index is 0.00730. The summed E-state index contributed by atoms with van der Waals surface area (Å²) in [6, 6.07) is 15.4. The number of ether oxygens (including phenoxy) is 1. The van der Waals surface area contributed by atoms with Crippen LogP contribution in [-0.4, -0.2) is 43.0 Å². The van der Waals surface area contributed by atoms with Gasteiger partial charge in [-0.05, 0) is 30.5 Å². The summed E-state index contributed by atoms with van der Waals surface area (Å²) in [7, 11) is 1.60. The molecule has 6 nitrogen and oxygen atoms in total. The number of hydrogen-bond acceptors (Lipinski definition) is 4. The van der Waals surface area contributed by atoms with Crippen molar-refractivity contribution in [2.45, 2.75) is 32.7 Å². The fourth-order valence-electron chi connectivity index (χ4n) is 4.12. The second-order valence-corrected chi connectivity index (χ2v) is 8.26. The highest BCUT2D eigenvalue weighted by atomic mass is 16.5. The molecule has 1 aromatic heterocycles. The Labute approximate surface area is 182 Å². The second-order valence-electron chi connectivity index (χ2n) is 8.26. The zero-order valence-corrected chi connectivity index (χ0v) is 18.2. The maximum absolute atomic E-state index is 13.2. The van der Waals surface area contributed by atoms with E-state index in [1.54, 1.807) is 13.2 Å². The van der Waals surface area contributed by atoms with E-state index in [1.165, 1.54) is 0 Å². The summed E-state index contributed by atoms with van der Waals surface area (Å²) in [4.78, 5) is 27.3. The molecule has 2 amide bonds. The van der Waals surface area contributed by atoms with E-state index in [0.717, 1.165) is 29.4 Å². The maximum atomic E-state index is 13.2. The molecule has 0 atom stereocenters. The Kier molecular flexibility index (Phi) is 5.98. The first-order chi connectivity index (χ1) is 15.0. The Balaban J connectivity index is 1.59. The summed E-state index contributed by atoms with van der Waals surface area (Å²) in [5.74, 6) is 0.905. The van der Waals surface area contributed by atoms with Crippen molar-refractivity contribution >= 4 is 22.8 Å². The molecule has 1 fully saturated rings. The molecular formula is C25H28N2O4. The molecule has 162 valence electrons. The number of fused-ring (bicyclic) bond motifs is 1. The van der Waals surface area contributed by atoms with Crippen LogP contribution in [0.5, 0.6) is 5.75 Å². The van der Waals surface area contributed by atoms with Crippen LogP contribution >= 0.6 is 0 Å². The normalized spacial score (nSPS) is 14.8. The van der Waals surface area contributed by atoms with E-state index in [1.807, 2.05) is 61.2 Å². The number of nitrogens with one attached hydrogen (secondary N) is 1. The van der Waals surface area contributed by atoms with Gasteiger partial charge in [0.2, 0.25) is 11.7 Å². The van der Waals surface area contributed by atoms with Crippen molar-refractivity contribution in [3.05, 3.63) is 54.3 Å². The number of carbonyl (C=O) groups excluding carboxylic acids is 2. The number of benzene rings is 2. The Morgan fingerprint density at radius 1 is 1.10 bits per heavy atom. The average Bonchev–Trinajstić information content (AvgIpc) is 3.18. The van der Waals surface area contributed by atoms with Gasteiger partial charge in [-0.2, -0.15) is 0 Å². The van der Waals surface area contributed by atoms with Crippen molar-refractivity contribution in [3.63, 3.8) is 0 Å².